The molecule has 2 fully saturated rings. The molecule has 2 saturated heterocycles. The molecule has 0 saturated carbocycles. The standard InChI is InChI=1S/C20H30N4O2/c1-26-12-4-11-23-13-20(9-7-18(23)25)8-3-10-24(14-20)19-16-5-2-6-17(16)21-15-22-19/h15H,2-14H2,1H3. The third kappa shape index (κ3) is 3.43. The molecule has 1 amide bonds. The number of anilines is 1. The summed E-state index contributed by atoms with van der Waals surface area (Å²) in [4.78, 5) is 26.1. The van der Waals surface area contributed by atoms with Gasteiger partial charge in [-0.3, -0.25) is 4.79 Å². The van der Waals surface area contributed by atoms with Crippen LogP contribution in [0.25, 0.3) is 0 Å². The van der Waals surface area contributed by atoms with Gasteiger partial charge in [0, 0.05) is 63.0 Å². The van der Waals surface area contributed by atoms with E-state index in [0.29, 0.717) is 12.3 Å². The summed E-state index contributed by atoms with van der Waals surface area (Å²) in [5.41, 5.74) is 2.83. The molecule has 1 aromatic heterocycles. The maximum Gasteiger partial charge on any atom is 0.222 e. The lowest BCUT2D eigenvalue weighted by Gasteiger charge is -2.48. The second-order valence-corrected chi connectivity index (χ2v) is 8.16. The van der Waals surface area contributed by atoms with Crippen LogP contribution in [0, 0.1) is 5.41 Å². The van der Waals surface area contributed by atoms with Crippen LogP contribution in [-0.2, 0) is 22.4 Å². The van der Waals surface area contributed by atoms with Crippen molar-refractivity contribution >= 4 is 11.7 Å². The van der Waals surface area contributed by atoms with Crippen LogP contribution in [-0.4, -0.2) is 60.7 Å². The van der Waals surface area contributed by atoms with E-state index in [-0.39, 0.29) is 5.41 Å². The van der Waals surface area contributed by atoms with Crippen LogP contribution in [0.15, 0.2) is 6.33 Å². The van der Waals surface area contributed by atoms with Crippen molar-refractivity contribution in [3.05, 3.63) is 17.6 Å². The molecule has 1 spiro atoms. The lowest BCUT2D eigenvalue weighted by atomic mass is 9.73. The molecule has 1 aliphatic carbocycles. The van der Waals surface area contributed by atoms with Gasteiger partial charge in [-0.1, -0.05) is 0 Å². The molecule has 0 N–H and O–H groups in total. The van der Waals surface area contributed by atoms with Crippen LogP contribution >= 0.6 is 0 Å². The van der Waals surface area contributed by atoms with Crippen molar-refractivity contribution in [3.63, 3.8) is 0 Å². The number of carbonyl (C=O) groups is 1. The minimum absolute atomic E-state index is 0.218. The molecule has 6 heteroatoms. The number of hydrogen-bond acceptors (Lipinski definition) is 5. The van der Waals surface area contributed by atoms with E-state index in [1.54, 1.807) is 13.4 Å². The van der Waals surface area contributed by atoms with Gasteiger partial charge in [-0.15, -0.1) is 0 Å². The molecule has 26 heavy (non-hydrogen) atoms. The quantitative estimate of drug-likeness (QED) is 0.756. The Morgan fingerprint density at radius 1 is 1.15 bits per heavy atom. The second kappa shape index (κ2) is 7.51. The fourth-order valence-electron chi connectivity index (χ4n) is 5.04. The molecule has 2 aliphatic heterocycles. The minimum atomic E-state index is 0.218. The normalized spacial score (nSPS) is 25.8. The van der Waals surface area contributed by atoms with Crippen LogP contribution < -0.4 is 4.90 Å². The Bertz CT molecular complexity index is 665. The highest BCUT2D eigenvalue weighted by Gasteiger charge is 2.42. The largest absolute Gasteiger partial charge is 0.385 e. The summed E-state index contributed by atoms with van der Waals surface area (Å²) in [7, 11) is 1.72. The molecule has 142 valence electrons. The first-order valence-corrected chi connectivity index (χ1v) is 10.1. The van der Waals surface area contributed by atoms with Gasteiger partial charge < -0.3 is 14.5 Å². The number of methoxy groups -OCH3 is 1. The van der Waals surface area contributed by atoms with Crippen molar-refractivity contribution in [2.75, 3.05) is 44.8 Å². The van der Waals surface area contributed by atoms with Gasteiger partial charge in [0.05, 0.1) is 0 Å². The molecule has 0 bridgehead atoms. The Labute approximate surface area is 155 Å². The fraction of sp³-hybridized carbons (Fsp3) is 0.750. The Morgan fingerprint density at radius 3 is 2.96 bits per heavy atom. The molecule has 1 aromatic rings. The zero-order valence-electron chi connectivity index (χ0n) is 15.9. The second-order valence-electron chi connectivity index (χ2n) is 8.16. The number of nitrogens with zero attached hydrogens (tertiary/aromatic N) is 4. The van der Waals surface area contributed by atoms with Gasteiger partial charge in [0.25, 0.3) is 0 Å². The van der Waals surface area contributed by atoms with Crippen molar-refractivity contribution in [3.8, 4) is 0 Å². The molecule has 3 heterocycles. The molecule has 4 rings (SSSR count). The molecular formula is C20H30N4O2. The highest BCUT2D eigenvalue weighted by molar-refractivity contribution is 5.77. The molecule has 1 unspecified atom stereocenters. The zero-order chi connectivity index (χ0) is 18.0. The van der Waals surface area contributed by atoms with Crippen molar-refractivity contribution in [1.82, 2.24) is 14.9 Å². The van der Waals surface area contributed by atoms with Gasteiger partial charge in [-0.25, -0.2) is 9.97 Å². The number of likely N-dealkylation sites (tertiary alicyclic amines) is 1. The summed E-state index contributed by atoms with van der Waals surface area (Å²) in [6.45, 7) is 4.51. The first-order valence-electron chi connectivity index (χ1n) is 10.1. The number of hydrogen-bond donors (Lipinski definition) is 0. The predicted molar refractivity (Wildman–Crippen MR) is 100 cm³/mol. The van der Waals surface area contributed by atoms with Gasteiger partial charge >= 0.3 is 0 Å². The molecule has 0 radical (unpaired) electrons. The number of piperidine rings is 2. The summed E-state index contributed by atoms with van der Waals surface area (Å²) in [6.07, 6.45) is 10.1. The Morgan fingerprint density at radius 2 is 2.08 bits per heavy atom. The van der Waals surface area contributed by atoms with E-state index < -0.39 is 0 Å². The highest BCUT2D eigenvalue weighted by atomic mass is 16.5. The zero-order valence-corrected chi connectivity index (χ0v) is 15.9. The maximum atomic E-state index is 12.4. The Balaban J connectivity index is 1.49. The first kappa shape index (κ1) is 17.7. The number of aromatic nitrogens is 2. The summed E-state index contributed by atoms with van der Waals surface area (Å²) in [6, 6.07) is 0. The summed E-state index contributed by atoms with van der Waals surface area (Å²) in [5, 5.41) is 0. The molecule has 3 aliphatic rings. The average Bonchev–Trinajstić information content (AvgIpc) is 3.14. The Hall–Kier alpha value is -1.69. The first-order chi connectivity index (χ1) is 12.7. The third-order valence-electron chi connectivity index (χ3n) is 6.34. The average molecular weight is 358 g/mol. The van der Waals surface area contributed by atoms with Crippen LogP contribution in [0.3, 0.4) is 0 Å². The van der Waals surface area contributed by atoms with E-state index in [2.05, 4.69) is 19.8 Å². The lowest BCUT2D eigenvalue weighted by Crippen LogP contribution is -2.54. The third-order valence-corrected chi connectivity index (χ3v) is 6.34. The summed E-state index contributed by atoms with van der Waals surface area (Å²) in [5.74, 6) is 1.47. The van der Waals surface area contributed by atoms with Crippen molar-refractivity contribution < 1.29 is 9.53 Å². The molecular weight excluding hydrogens is 328 g/mol. The molecule has 6 nitrogen and oxygen atoms in total. The van der Waals surface area contributed by atoms with E-state index in [1.165, 1.54) is 30.5 Å². The number of fused-ring (bicyclic) bond motifs is 1. The van der Waals surface area contributed by atoms with Gasteiger partial charge in [0.15, 0.2) is 0 Å². The van der Waals surface area contributed by atoms with Crippen molar-refractivity contribution in [1.29, 1.82) is 0 Å². The lowest BCUT2D eigenvalue weighted by molar-refractivity contribution is -0.138. The smallest absolute Gasteiger partial charge is 0.222 e. The summed E-state index contributed by atoms with van der Waals surface area (Å²) < 4.78 is 5.16. The number of aryl methyl sites for hydroxylation is 1. The predicted octanol–water partition coefficient (Wildman–Crippen LogP) is 2.21. The van der Waals surface area contributed by atoms with Crippen LogP contribution in [0.1, 0.15) is 49.8 Å². The number of rotatable bonds is 5. The van der Waals surface area contributed by atoms with E-state index in [9.17, 15) is 4.79 Å². The molecule has 1 atom stereocenters. The topological polar surface area (TPSA) is 58.6 Å². The van der Waals surface area contributed by atoms with Crippen molar-refractivity contribution in [2.24, 2.45) is 5.41 Å². The van der Waals surface area contributed by atoms with E-state index in [1.807, 2.05) is 0 Å². The van der Waals surface area contributed by atoms with Crippen LogP contribution in [0.4, 0.5) is 5.82 Å². The fourth-order valence-corrected chi connectivity index (χ4v) is 5.04. The SMILES string of the molecule is COCCCN1CC2(CCCN(c3ncnc4c3CCC4)C2)CCC1=O. The van der Waals surface area contributed by atoms with E-state index in [4.69, 9.17) is 4.74 Å². The van der Waals surface area contributed by atoms with Gasteiger partial charge in [0.2, 0.25) is 5.91 Å². The van der Waals surface area contributed by atoms with Gasteiger partial charge in [-0.2, -0.15) is 0 Å². The highest BCUT2D eigenvalue weighted by Crippen LogP contribution is 2.41. The maximum absolute atomic E-state index is 12.4. The number of carbonyl (C=O) groups excluding carboxylic acids is 1. The van der Waals surface area contributed by atoms with Gasteiger partial charge in [0.1, 0.15) is 12.1 Å². The van der Waals surface area contributed by atoms with Crippen molar-refractivity contribution in [2.45, 2.75) is 51.4 Å². The van der Waals surface area contributed by atoms with E-state index in [0.717, 1.165) is 64.3 Å². The number of amides is 1. The molecule has 0 aromatic carbocycles. The number of ether oxygens (including phenoxy) is 1. The Kier molecular flexibility index (Phi) is 5.11. The van der Waals surface area contributed by atoms with Crippen LogP contribution in [0.2, 0.25) is 0 Å². The minimum Gasteiger partial charge on any atom is -0.385 e. The van der Waals surface area contributed by atoms with E-state index >= 15 is 0 Å². The summed E-state index contributed by atoms with van der Waals surface area (Å²) >= 11 is 0. The van der Waals surface area contributed by atoms with Crippen LogP contribution in [0.5, 0.6) is 0 Å². The van der Waals surface area contributed by atoms with Gasteiger partial charge in [-0.05, 0) is 44.9 Å². The monoisotopic (exact) mass is 358 g/mol.